The van der Waals surface area contributed by atoms with Crippen LogP contribution in [0.5, 0.6) is 11.5 Å². The molecule has 0 unspecified atom stereocenters. The Bertz CT molecular complexity index is 1100. The highest BCUT2D eigenvalue weighted by atomic mass is 32.1. The topological polar surface area (TPSA) is 49.5 Å². The molecule has 2 aromatic carbocycles. The Morgan fingerprint density at radius 3 is 2.47 bits per heavy atom. The maximum atomic E-state index is 13.9. The molecular formula is C25H32FN3O2S. The van der Waals surface area contributed by atoms with E-state index in [2.05, 4.69) is 36.0 Å². The summed E-state index contributed by atoms with van der Waals surface area (Å²) in [5, 5.41) is 5.01. The van der Waals surface area contributed by atoms with Gasteiger partial charge in [-0.2, -0.15) is 0 Å². The maximum Gasteiger partial charge on any atom is 0.169 e. The Morgan fingerprint density at radius 2 is 1.81 bits per heavy atom. The van der Waals surface area contributed by atoms with Gasteiger partial charge in [-0.1, -0.05) is 6.07 Å². The van der Waals surface area contributed by atoms with Gasteiger partial charge in [0.15, 0.2) is 16.6 Å². The average Bonchev–Trinajstić information content (AvgIpc) is 3.03. The van der Waals surface area contributed by atoms with E-state index in [9.17, 15) is 4.39 Å². The number of thiocarbonyl (C=S) groups is 1. The molecule has 0 atom stereocenters. The lowest BCUT2D eigenvalue weighted by atomic mass is 10.1. The minimum absolute atomic E-state index is 0.160. The maximum absolute atomic E-state index is 13.9. The van der Waals surface area contributed by atoms with Crippen molar-refractivity contribution < 1.29 is 13.9 Å². The summed E-state index contributed by atoms with van der Waals surface area (Å²) >= 11 is 5.77. The number of hydrogen-bond donors (Lipinski definition) is 2. The molecule has 0 spiro atoms. The lowest BCUT2D eigenvalue weighted by Gasteiger charge is -2.31. The van der Waals surface area contributed by atoms with E-state index in [4.69, 9.17) is 21.7 Å². The lowest BCUT2D eigenvalue weighted by molar-refractivity contribution is 0.352. The summed E-state index contributed by atoms with van der Waals surface area (Å²) in [7, 11) is 3.25. The SMILES string of the molecule is COc1ccc(CN(CCc2c(C)[nH]c3ccc(F)cc23)C(=S)NC(C)(C)C)cc1OC. The second kappa shape index (κ2) is 9.77. The van der Waals surface area contributed by atoms with E-state index >= 15 is 0 Å². The number of methoxy groups -OCH3 is 2. The third-order valence-electron chi connectivity index (χ3n) is 5.30. The van der Waals surface area contributed by atoms with Gasteiger partial charge in [0.25, 0.3) is 0 Å². The minimum atomic E-state index is -0.232. The summed E-state index contributed by atoms with van der Waals surface area (Å²) in [5.74, 6) is 1.14. The van der Waals surface area contributed by atoms with Crippen molar-refractivity contribution in [3.05, 3.63) is 59.0 Å². The molecule has 3 aromatic rings. The number of halogens is 1. The number of hydrogen-bond acceptors (Lipinski definition) is 3. The third-order valence-corrected chi connectivity index (χ3v) is 5.66. The predicted molar refractivity (Wildman–Crippen MR) is 132 cm³/mol. The van der Waals surface area contributed by atoms with Crippen molar-refractivity contribution in [2.45, 2.75) is 46.2 Å². The van der Waals surface area contributed by atoms with Crippen LogP contribution in [-0.2, 0) is 13.0 Å². The number of nitrogens with zero attached hydrogens (tertiary/aromatic N) is 1. The number of benzene rings is 2. The zero-order chi connectivity index (χ0) is 23.5. The third kappa shape index (κ3) is 5.71. The standard InChI is InChI=1S/C25H32FN3O2S/c1-16-19(20-14-18(26)8-9-21(20)27-16)11-12-29(24(32)28-25(2,3)4)15-17-7-10-22(30-5)23(13-17)31-6/h7-10,13-14,27H,11-12,15H2,1-6H3,(H,28,32). The van der Waals surface area contributed by atoms with Gasteiger partial charge >= 0.3 is 0 Å². The van der Waals surface area contributed by atoms with Gasteiger partial charge in [0.05, 0.1) is 14.2 Å². The van der Waals surface area contributed by atoms with Gasteiger partial charge in [0, 0.05) is 35.2 Å². The molecule has 0 fully saturated rings. The van der Waals surface area contributed by atoms with Crippen LogP contribution in [0.3, 0.4) is 0 Å². The summed E-state index contributed by atoms with van der Waals surface area (Å²) in [6, 6.07) is 10.7. The molecule has 5 nitrogen and oxygen atoms in total. The van der Waals surface area contributed by atoms with E-state index in [1.165, 1.54) is 6.07 Å². The first kappa shape index (κ1) is 23.9. The Morgan fingerprint density at radius 1 is 1.09 bits per heavy atom. The molecule has 1 heterocycles. The first-order chi connectivity index (χ1) is 15.1. The van der Waals surface area contributed by atoms with Gasteiger partial charge in [0.2, 0.25) is 0 Å². The second-order valence-electron chi connectivity index (χ2n) is 8.96. The number of ether oxygens (including phenoxy) is 2. The van der Waals surface area contributed by atoms with E-state index in [1.54, 1.807) is 26.4 Å². The molecule has 0 aliphatic rings. The summed E-state index contributed by atoms with van der Waals surface area (Å²) < 4.78 is 24.7. The molecule has 0 aliphatic carbocycles. The van der Waals surface area contributed by atoms with Gasteiger partial charge in [-0.15, -0.1) is 0 Å². The second-order valence-corrected chi connectivity index (χ2v) is 9.35. The van der Waals surface area contributed by atoms with Crippen molar-refractivity contribution in [1.29, 1.82) is 0 Å². The molecule has 0 aliphatic heterocycles. The molecule has 2 N–H and O–H groups in total. The normalized spacial score (nSPS) is 11.5. The molecule has 0 saturated carbocycles. The summed E-state index contributed by atoms with van der Waals surface area (Å²) in [4.78, 5) is 5.50. The van der Waals surface area contributed by atoms with E-state index in [0.717, 1.165) is 34.1 Å². The number of aromatic amines is 1. The largest absolute Gasteiger partial charge is 0.493 e. The van der Waals surface area contributed by atoms with E-state index in [-0.39, 0.29) is 11.4 Å². The van der Waals surface area contributed by atoms with Gasteiger partial charge < -0.3 is 24.7 Å². The van der Waals surface area contributed by atoms with Crippen LogP contribution >= 0.6 is 12.2 Å². The number of aromatic nitrogens is 1. The molecule has 32 heavy (non-hydrogen) atoms. The Labute approximate surface area is 194 Å². The molecule has 172 valence electrons. The van der Waals surface area contributed by atoms with Crippen molar-refractivity contribution in [3.63, 3.8) is 0 Å². The molecule has 7 heteroatoms. The zero-order valence-corrected chi connectivity index (χ0v) is 20.5. The van der Waals surface area contributed by atoms with Crippen molar-refractivity contribution in [1.82, 2.24) is 15.2 Å². The average molecular weight is 458 g/mol. The predicted octanol–water partition coefficient (Wildman–Crippen LogP) is 5.35. The number of nitrogens with one attached hydrogen (secondary N) is 2. The van der Waals surface area contributed by atoms with Gasteiger partial charge in [0.1, 0.15) is 5.82 Å². The zero-order valence-electron chi connectivity index (χ0n) is 19.6. The molecule has 0 saturated heterocycles. The molecule has 0 radical (unpaired) electrons. The number of H-pyrrole nitrogens is 1. The van der Waals surface area contributed by atoms with Crippen LogP contribution in [0.25, 0.3) is 10.9 Å². The van der Waals surface area contributed by atoms with Crippen molar-refractivity contribution in [2.24, 2.45) is 0 Å². The van der Waals surface area contributed by atoms with Crippen LogP contribution in [0.4, 0.5) is 4.39 Å². The smallest absolute Gasteiger partial charge is 0.169 e. The summed E-state index contributed by atoms with van der Waals surface area (Å²) in [6.07, 6.45) is 0.731. The van der Waals surface area contributed by atoms with Crippen LogP contribution in [0, 0.1) is 12.7 Å². The summed E-state index contributed by atoms with van der Waals surface area (Å²) in [5.41, 5.74) is 4.00. The van der Waals surface area contributed by atoms with Crippen LogP contribution in [0.1, 0.15) is 37.6 Å². The van der Waals surface area contributed by atoms with Crippen LogP contribution < -0.4 is 14.8 Å². The van der Waals surface area contributed by atoms with Gasteiger partial charge in [-0.3, -0.25) is 0 Å². The number of rotatable bonds is 7. The quantitative estimate of drug-likeness (QED) is 0.469. The van der Waals surface area contributed by atoms with Crippen molar-refractivity contribution in [3.8, 4) is 11.5 Å². The lowest BCUT2D eigenvalue weighted by Crippen LogP contribution is -2.48. The van der Waals surface area contributed by atoms with Gasteiger partial charge in [-0.05, 0) is 87.8 Å². The molecule has 0 bridgehead atoms. The van der Waals surface area contributed by atoms with E-state index in [0.29, 0.717) is 29.7 Å². The number of fused-ring (bicyclic) bond motifs is 1. The first-order valence-corrected chi connectivity index (χ1v) is 11.1. The van der Waals surface area contributed by atoms with Crippen molar-refractivity contribution in [2.75, 3.05) is 20.8 Å². The Kier molecular flexibility index (Phi) is 7.29. The Balaban J connectivity index is 1.86. The minimum Gasteiger partial charge on any atom is -0.493 e. The van der Waals surface area contributed by atoms with Crippen molar-refractivity contribution >= 4 is 28.2 Å². The highest BCUT2D eigenvalue weighted by Crippen LogP contribution is 2.28. The fourth-order valence-corrected chi connectivity index (χ4v) is 4.24. The van der Waals surface area contributed by atoms with E-state index in [1.807, 2.05) is 25.1 Å². The fraction of sp³-hybridized carbons (Fsp3) is 0.400. The number of aryl methyl sites for hydroxylation is 1. The molecular weight excluding hydrogens is 425 g/mol. The van der Waals surface area contributed by atoms with Crippen LogP contribution in [0.15, 0.2) is 36.4 Å². The van der Waals surface area contributed by atoms with Gasteiger partial charge in [-0.25, -0.2) is 4.39 Å². The molecule has 3 rings (SSSR count). The van der Waals surface area contributed by atoms with Crippen LogP contribution in [0.2, 0.25) is 0 Å². The first-order valence-electron chi connectivity index (χ1n) is 10.7. The fourth-order valence-electron chi connectivity index (χ4n) is 3.78. The highest BCUT2D eigenvalue weighted by Gasteiger charge is 2.19. The Hall–Kier alpha value is -2.80. The monoisotopic (exact) mass is 457 g/mol. The molecule has 0 amide bonds. The highest BCUT2D eigenvalue weighted by molar-refractivity contribution is 7.80. The van der Waals surface area contributed by atoms with E-state index < -0.39 is 0 Å². The van der Waals surface area contributed by atoms with Crippen LogP contribution in [-0.4, -0.2) is 41.3 Å². The molecule has 1 aromatic heterocycles. The summed E-state index contributed by atoms with van der Waals surface area (Å²) in [6.45, 7) is 9.57.